The lowest BCUT2D eigenvalue weighted by molar-refractivity contribution is -0.148. The molecule has 5 rings (SSSR count). The Bertz CT molecular complexity index is 1400. The van der Waals surface area contributed by atoms with Crippen molar-refractivity contribution in [3.8, 4) is 6.07 Å². The molecule has 1 aromatic carbocycles. The zero-order valence-corrected chi connectivity index (χ0v) is 19.7. The molecule has 36 heavy (non-hydrogen) atoms. The third kappa shape index (κ3) is 4.06. The Hall–Kier alpha value is -3.94. The van der Waals surface area contributed by atoms with Crippen LogP contribution in [0.2, 0.25) is 0 Å². The highest BCUT2D eigenvalue weighted by atomic mass is 19.4. The highest BCUT2D eigenvalue weighted by Gasteiger charge is 2.40. The number of alkyl halides is 3. The van der Waals surface area contributed by atoms with E-state index >= 15 is 0 Å². The summed E-state index contributed by atoms with van der Waals surface area (Å²) < 4.78 is 40.4. The van der Waals surface area contributed by atoms with Crippen molar-refractivity contribution in [1.29, 1.82) is 5.26 Å². The van der Waals surface area contributed by atoms with E-state index in [2.05, 4.69) is 32.7 Å². The smallest absolute Gasteiger partial charge is 0.370 e. The van der Waals surface area contributed by atoms with Crippen molar-refractivity contribution in [3.63, 3.8) is 0 Å². The van der Waals surface area contributed by atoms with Crippen molar-refractivity contribution in [1.82, 2.24) is 24.6 Å². The summed E-state index contributed by atoms with van der Waals surface area (Å²) in [7, 11) is 0. The van der Waals surface area contributed by atoms with E-state index in [0.717, 1.165) is 26.7 Å². The molecule has 3 aromatic rings. The van der Waals surface area contributed by atoms with Crippen LogP contribution < -0.4 is 4.90 Å². The normalized spacial score (nSPS) is 16.6. The Balaban J connectivity index is 1.34. The second-order valence-electron chi connectivity index (χ2n) is 9.12. The number of anilines is 1. The summed E-state index contributed by atoms with van der Waals surface area (Å²) in [5, 5.41) is 17.7. The number of nitriles is 1. The number of halogens is 3. The number of carbonyl (C=O) groups is 1. The summed E-state index contributed by atoms with van der Waals surface area (Å²) >= 11 is 0. The predicted octanol–water partition coefficient (Wildman–Crippen LogP) is 3.93. The fourth-order valence-electron chi connectivity index (χ4n) is 5.14. The summed E-state index contributed by atoms with van der Waals surface area (Å²) in [6, 6.07) is 8.12. The first-order valence-electron chi connectivity index (χ1n) is 11.7. The van der Waals surface area contributed by atoms with Crippen LogP contribution >= 0.6 is 0 Å². The number of carbonyl (C=O) groups excluding carboxylic acids is 1. The van der Waals surface area contributed by atoms with Gasteiger partial charge in [0, 0.05) is 37.5 Å². The molecule has 0 unspecified atom stereocenters. The largest absolute Gasteiger partial charge is 0.451 e. The number of piperidine rings is 1. The van der Waals surface area contributed by atoms with Crippen molar-refractivity contribution in [2.24, 2.45) is 5.92 Å². The number of aromatic nitrogens is 4. The molecule has 8 nitrogen and oxygen atoms in total. The zero-order chi connectivity index (χ0) is 25.6. The maximum atomic E-state index is 13.2. The lowest BCUT2D eigenvalue weighted by Crippen LogP contribution is -2.45. The average molecular weight is 496 g/mol. The molecule has 1 fully saturated rings. The van der Waals surface area contributed by atoms with Crippen LogP contribution in [0.1, 0.15) is 41.3 Å². The van der Waals surface area contributed by atoms with Crippen LogP contribution in [0.4, 0.5) is 18.9 Å². The molecular weight excluding hydrogens is 471 g/mol. The molecule has 186 valence electrons. The molecule has 1 saturated heterocycles. The van der Waals surface area contributed by atoms with E-state index in [1.165, 1.54) is 0 Å². The number of hydrogen-bond donors (Lipinski definition) is 0. The topological polar surface area (TPSA) is 90.9 Å². The molecule has 1 amide bonds. The Labute approximate surface area is 205 Å². The first kappa shape index (κ1) is 23.8. The van der Waals surface area contributed by atoms with E-state index in [-0.39, 0.29) is 37.3 Å². The van der Waals surface area contributed by atoms with Gasteiger partial charge < -0.3 is 14.4 Å². The quantitative estimate of drug-likeness (QED) is 0.547. The summed E-state index contributed by atoms with van der Waals surface area (Å²) in [5.41, 5.74) is 3.71. The van der Waals surface area contributed by atoms with Gasteiger partial charge in [0.1, 0.15) is 6.07 Å². The number of hydrogen-bond acceptors (Lipinski definition) is 6. The van der Waals surface area contributed by atoms with E-state index in [9.17, 15) is 23.2 Å². The van der Waals surface area contributed by atoms with Gasteiger partial charge in [-0.05, 0) is 37.5 Å². The number of benzene rings is 1. The first-order valence-corrected chi connectivity index (χ1v) is 11.7. The van der Waals surface area contributed by atoms with Gasteiger partial charge >= 0.3 is 6.18 Å². The van der Waals surface area contributed by atoms with Crippen LogP contribution in [0, 0.1) is 24.2 Å². The lowest BCUT2D eigenvalue weighted by Gasteiger charge is -2.37. The molecule has 2 aliphatic rings. The summed E-state index contributed by atoms with van der Waals surface area (Å²) in [6.07, 6.45) is -1.68. The highest BCUT2D eigenvalue weighted by Crippen LogP contribution is 2.36. The van der Waals surface area contributed by atoms with Gasteiger partial charge in [0.2, 0.25) is 11.7 Å². The van der Waals surface area contributed by atoms with E-state index in [0.29, 0.717) is 37.2 Å². The van der Waals surface area contributed by atoms with Crippen LogP contribution in [0.3, 0.4) is 0 Å². The molecule has 2 aliphatic heterocycles. The maximum Gasteiger partial charge on any atom is 0.451 e. The first-order chi connectivity index (χ1) is 17.2. The van der Waals surface area contributed by atoms with Gasteiger partial charge in [-0.15, -0.1) is 10.2 Å². The minimum Gasteiger partial charge on any atom is -0.370 e. The third-order valence-corrected chi connectivity index (χ3v) is 6.99. The average Bonchev–Trinajstić information content (AvgIpc) is 3.31. The number of rotatable bonds is 3. The van der Waals surface area contributed by atoms with Gasteiger partial charge in [0.05, 0.1) is 29.0 Å². The van der Waals surface area contributed by atoms with Gasteiger partial charge in [0.25, 0.3) is 0 Å². The lowest BCUT2D eigenvalue weighted by atomic mass is 9.93. The van der Waals surface area contributed by atoms with Gasteiger partial charge in [-0.2, -0.15) is 18.4 Å². The molecule has 0 N–H and O–H groups in total. The molecule has 0 radical (unpaired) electrons. The molecule has 4 heterocycles. The Morgan fingerprint density at radius 3 is 2.61 bits per heavy atom. The number of pyridine rings is 1. The van der Waals surface area contributed by atoms with E-state index in [1.54, 1.807) is 11.0 Å². The minimum absolute atomic E-state index is 0.0131. The molecule has 0 saturated carbocycles. The predicted molar refractivity (Wildman–Crippen MR) is 127 cm³/mol. The maximum absolute atomic E-state index is 13.2. The summed E-state index contributed by atoms with van der Waals surface area (Å²) in [5.74, 6) is -1.20. The van der Waals surface area contributed by atoms with Crippen molar-refractivity contribution < 1.29 is 18.0 Å². The van der Waals surface area contributed by atoms with E-state index in [1.807, 2.05) is 25.1 Å². The Morgan fingerprint density at radius 2 is 1.94 bits per heavy atom. The van der Waals surface area contributed by atoms with Crippen molar-refractivity contribution >= 4 is 28.6 Å². The molecule has 0 atom stereocenters. The standard InChI is InChI=1S/C25H24F3N7O/c1-3-16-4-5-20-18(12-16)22(19(13-29)15(2)30-20)33-8-6-17(7-9-33)23(36)34-10-11-35-21(14-34)31-32-24(35)25(26,27)28/h3-5,12,17H,1,6-11,14H2,2H3. The summed E-state index contributed by atoms with van der Waals surface area (Å²) in [6.45, 7) is 7.01. The molecule has 0 aliphatic carbocycles. The van der Waals surface area contributed by atoms with Crippen LogP contribution in [0.5, 0.6) is 0 Å². The molecule has 2 aromatic heterocycles. The zero-order valence-electron chi connectivity index (χ0n) is 19.7. The van der Waals surface area contributed by atoms with Crippen molar-refractivity contribution in [2.45, 2.75) is 39.0 Å². The molecule has 11 heteroatoms. The van der Waals surface area contributed by atoms with E-state index < -0.39 is 12.0 Å². The van der Waals surface area contributed by atoms with Gasteiger partial charge in [-0.3, -0.25) is 9.78 Å². The number of nitrogens with zero attached hydrogens (tertiary/aromatic N) is 7. The monoisotopic (exact) mass is 495 g/mol. The minimum atomic E-state index is -4.57. The third-order valence-electron chi connectivity index (χ3n) is 6.99. The van der Waals surface area contributed by atoms with Crippen molar-refractivity contribution in [2.75, 3.05) is 24.5 Å². The highest BCUT2D eigenvalue weighted by molar-refractivity contribution is 5.96. The van der Waals surface area contributed by atoms with Gasteiger partial charge in [-0.25, -0.2) is 0 Å². The van der Waals surface area contributed by atoms with Gasteiger partial charge in [-0.1, -0.05) is 18.7 Å². The number of aryl methyl sites for hydroxylation is 1. The Kier molecular flexibility index (Phi) is 5.90. The summed E-state index contributed by atoms with van der Waals surface area (Å²) in [4.78, 5) is 21.5. The Morgan fingerprint density at radius 1 is 1.19 bits per heavy atom. The molecule has 0 bridgehead atoms. The molecule has 0 spiro atoms. The molecular formula is C25H24F3N7O. The fraction of sp³-hybridized carbons (Fsp3) is 0.400. The van der Waals surface area contributed by atoms with E-state index in [4.69, 9.17) is 0 Å². The second-order valence-corrected chi connectivity index (χ2v) is 9.12. The van der Waals surface area contributed by atoms with Gasteiger partial charge in [0.15, 0.2) is 5.82 Å². The van der Waals surface area contributed by atoms with Crippen LogP contribution in [0.15, 0.2) is 24.8 Å². The van der Waals surface area contributed by atoms with Crippen LogP contribution in [-0.2, 0) is 24.1 Å². The fourth-order valence-corrected chi connectivity index (χ4v) is 5.14. The number of amides is 1. The van der Waals surface area contributed by atoms with Crippen molar-refractivity contribution in [3.05, 3.63) is 53.2 Å². The second kappa shape index (κ2) is 8.93. The van der Waals surface area contributed by atoms with Crippen LogP contribution in [-0.4, -0.2) is 50.2 Å². The van der Waals surface area contributed by atoms with Crippen LogP contribution in [0.25, 0.3) is 17.0 Å². The number of fused-ring (bicyclic) bond motifs is 2. The SMILES string of the molecule is C=Cc1ccc2nc(C)c(C#N)c(N3CCC(C(=O)N4CCn5c(nnc5C(F)(F)F)C4)CC3)c2c1.